The molecule has 0 aliphatic rings. The average molecular weight is 244 g/mol. The quantitative estimate of drug-likeness (QED) is 0.759. The molecule has 0 amide bonds. The molecule has 18 heavy (non-hydrogen) atoms. The first-order chi connectivity index (χ1) is 8.74. The number of benzene rings is 1. The van der Waals surface area contributed by atoms with E-state index in [1.807, 2.05) is 26.0 Å². The van der Waals surface area contributed by atoms with Crippen molar-refractivity contribution in [2.75, 3.05) is 6.61 Å². The van der Waals surface area contributed by atoms with E-state index in [0.717, 1.165) is 6.54 Å². The number of hydrogen-bond donors (Lipinski definition) is 0. The number of carbonyl (C=O) groups is 1. The Kier molecular flexibility index (Phi) is 3.77. The fourth-order valence-corrected chi connectivity index (χ4v) is 1.71. The van der Waals surface area contributed by atoms with E-state index >= 15 is 0 Å². The number of nitrogens with zero attached hydrogens (tertiary/aromatic N) is 2. The Hall–Kier alpha value is -2.10. The van der Waals surface area contributed by atoms with Crippen LogP contribution in [0.5, 0.6) is 5.75 Å². The monoisotopic (exact) mass is 244 g/mol. The van der Waals surface area contributed by atoms with Gasteiger partial charge in [0.25, 0.3) is 0 Å². The summed E-state index contributed by atoms with van der Waals surface area (Å²) in [5.74, 6) is 0.683. The third-order valence-corrected chi connectivity index (χ3v) is 2.63. The number of rotatable bonds is 5. The molecule has 0 aliphatic carbocycles. The second-order valence-electron chi connectivity index (χ2n) is 3.87. The molecule has 0 atom stereocenters. The molecule has 0 spiro atoms. The van der Waals surface area contributed by atoms with E-state index in [1.54, 1.807) is 29.2 Å². The van der Waals surface area contributed by atoms with Crippen LogP contribution in [0.1, 0.15) is 29.8 Å². The fourth-order valence-electron chi connectivity index (χ4n) is 1.71. The minimum absolute atomic E-state index is 0.0312. The molecular weight excluding hydrogens is 228 g/mol. The second-order valence-corrected chi connectivity index (χ2v) is 3.87. The van der Waals surface area contributed by atoms with Gasteiger partial charge in [-0.1, -0.05) is 12.1 Å². The molecule has 1 aromatic heterocycles. The van der Waals surface area contributed by atoms with Crippen LogP contribution < -0.4 is 4.74 Å². The first kappa shape index (κ1) is 12.4. The molecule has 0 unspecified atom stereocenters. The lowest BCUT2D eigenvalue weighted by Crippen LogP contribution is -2.01. The van der Waals surface area contributed by atoms with Crippen molar-refractivity contribution in [3.05, 3.63) is 47.8 Å². The molecule has 2 aromatic rings. The first-order valence-electron chi connectivity index (χ1n) is 6.04. The smallest absolute Gasteiger partial charge is 0.196 e. The topological polar surface area (TPSA) is 44.1 Å². The third kappa shape index (κ3) is 2.59. The van der Waals surface area contributed by atoms with Crippen molar-refractivity contribution in [1.29, 1.82) is 0 Å². The molecule has 0 aliphatic heterocycles. The molecule has 0 saturated carbocycles. The number of hydrogen-bond acceptors (Lipinski definition) is 3. The Balaban J connectivity index is 2.25. The molecule has 2 rings (SSSR count). The summed E-state index contributed by atoms with van der Waals surface area (Å²) in [6.07, 6.45) is 3.36. The van der Waals surface area contributed by atoms with Gasteiger partial charge in [0.05, 0.1) is 18.4 Å². The average Bonchev–Trinajstić information content (AvgIpc) is 2.87. The van der Waals surface area contributed by atoms with E-state index in [-0.39, 0.29) is 5.78 Å². The molecule has 94 valence electrons. The summed E-state index contributed by atoms with van der Waals surface area (Å²) >= 11 is 0. The number of carbonyl (C=O) groups excluding carboxylic acids is 1. The van der Waals surface area contributed by atoms with Crippen molar-refractivity contribution >= 4 is 5.78 Å². The Morgan fingerprint density at radius 1 is 1.33 bits per heavy atom. The second kappa shape index (κ2) is 5.49. The zero-order chi connectivity index (χ0) is 13.0. The van der Waals surface area contributed by atoms with Gasteiger partial charge in [0.15, 0.2) is 5.78 Å². The molecule has 0 N–H and O–H groups in total. The summed E-state index contributed by atoms with van der Waals surface area (Å²) in [5.41, 5.74) is 1.22. The van der Waals surface area contributed by atoms with Crippen LogP contribution in [0.2, 0.25) is 0 Å². The van der Waals surface area contributed by atoms with Crippen molar-refractivity contribution in [2.24, 2.45) is 0 Å². The highest BCUT2D eigenvalue weighted by Crippen LogP contribution is 2.16. The normalized spacial score (nSPS) is 10.3. The van der Waals surface area contributed by atoms with E-state index in [4.69, 9.17) is 4.74 Å². The fraction of sp³-hybridized carbons (Fsp3) is 0.286. The molecule has 0 fully saturated rings. The number of ether oxygens (including phenoxy) is 1. The van der Waals surface area contributed by atoms with E-state index in [0.29, 0.717) is 23.5 Å². The van der Waals surface area contributed by atoms with E-state index in [9.17, 15) is 4.79 Å². The highest BCUT2D eigenvalue weighted by molar-refractivity contribution is 6.08. The summed E-state index contributed by atoms with van der Waals surface area (Å²) in [5, 5.41) is 4.10. The van der Waals surface area contributed by atoms with Crippen molar-refractivity contribution in [3.63, 3.8) is 0 Å². The third-order valence-electron chi connectivity index (χ3n) is 2.63. The summed E-state index contributed by atoms with van der Waals surface area (Å²) in [6, 6.07) is 7.21. The van der Waals surface area contributed by atoms with Gasteiger partial charge in [-0.3, -0.25) is 9.48 Å². The van der Waals surface area contributed by atoms with E-state index in [1.165, 1.54) is 0 Å². The molecule has 0 bridgehead atoms. The molecule has 4 heteroatoms. The largest absolute Gasteiger partial charge is 0.494 e. The van der Waals surface area contributed by atoms with Gasteiger partial charge in [-0.15, -0.1) is 0 Å². The summed E-state index contributed by atoms with van der Waals surface area (Å²) in [4.78, 5) is 12.2. The minimum atomic E-state index is -0.0312. The maximum Gasteiger partial charge on any atom is 0.196 e. The van der Waals surface area contributed by atoms with Crippen LogP contribution in [-0.2, 0) is 6.54 Å². The lowest BCUT2D eigenvalue weighted by molar-refractivity contribution is 0.103. The molecule has 4 nitrogen and oxygen atoms in total. The van der Waals surface area contributed by atoms with Gasteiger partial charge in [0.1, 0.15) is 5.75 Å². The van der Waals surface area contributed by atoms with Gasteiger partial charge in [0, 0.05) is 18.3 Å². The Morgan fingerprint density at radius 2 is 2.17 bits per heavy atom. The summed E-state index contributed by atoms with van der Waals surface area (Å²) in [6.45, 7) is 5.24. The molecule has 0 radical (unpaired) electrons. The van der Waals surface area contributed by atoms with Gasteiger partial charge < -0.3 is 4.74 Å². The predicted molar refractivity (Wildman–Crippen MR) is 68.9 cm³/mol. The first-order valence-corrected chi connectivity index (χ1v) is 6.04. The highest BCUT2D eigenvalue weighted by atomic mass is 16.5. The number of ketones is 1. The van der Waals surface area contributed by atoms with Crippen molar-refractivity contribution in [2.45, 2.75) is 20.4 Å². The van der Waals surface area contributed by atoms with Gasteiger partial charge in [0.2, 0.25) is 0 Å². The lowest BCUT2D eigenvalue weighted by Gasteiger charge is -2.04. The van der Waals surface area contributed by atoms with Crippen molar-refractivity contribution in [1.82, 2.24) is 9.78 Å². The zero-order valence-electron chi connectivity index (χ0n) is 10.6. The minimum Gasteiger partial charge on any atom is -0.494 e. The predicted octanol–water partition coefficient (Wildman–Crippen LogP) is 2.53. The molecule has 0 saturated heterocycles. The Bertz CT molecular complexity index is 546. The van der Waals surface area contributed by atoms with Gasteiger partial charge >= 0.3 is 0 Å². The van der Waals surface area contributed by atoms with Crippen LogP contribution >= 0.6 is 0 Å². The molecular formula is C14H16N2O2. The summed E-state index contributed by atoms with van der Waals surface area (Å²) in [7, 11) is 0. The van der Waals surface area contributed by atoms with Gasteiger partial charge in [-0.05, 0) is 26.0 Å². The lowest BCUT2D eigenvalue weighted by atomic mass is 10.1. The van der Waals surface area contributed by atoms with Crippen LogP contribution in [0.3, 0.4) is 0 Å². The Morgan fingerprint density at radius 3 is 2.83 bits per heavy atom. The van der Waals surface area contributed by atoms with Crippen molar-refractivity contribution in [3.8, 4) is 5.75 Å². The van der Waals surface area contributed by atoms with Crippen LogP contribution in [-0.4, -0.2) is 22.2 Å². The number of aromatic nitrogens is 2. The SMILES string of the molecule is CCOc1cccc(C(=O)c2cnn(CC)c2)c1. The highest BCUT2D eigenvalue weighted by Gasteiger charge is 2.11. The zero-order valence-corrected chi connectivity index (χ0v) is 10.6. The van der Waals surface area contributed by atoms with Crippen LogP contribution in [0.4, 0.5) is 0 Å². The van der Waals surface area contributed by atoms with Gasteiger partial charge in [-0.2, -0.15) is 5.10 Å². The Labute approximate surface area is 106 Å². The summed E-state index contributed by atoms with van der Waals surface area (Å²) < 4.78 is 7.12. The standard InChI is InChI=1S/C14H16N2O2/c1-3-16-10-12(9-15-16)14(17)11-6-5-7-13(8-11)18-4-2/h5-10H,3-4H2,1-2H3. The van der Waals surface area contributed by atoms with Crippen LogP contribution in [0.25, 0.3) is 0 Å². The maximum absolute atomic E-state index is 12.2. The van der Waals surface area contributed by atoms with E-state index < -0.39 is 0 Å². The van der Waals surface area contributed by atoms with Gasteiger partial charge in [-0.25, -0.2) is 0 Å². The molecule has 1 aromatic carbocycles. The maximum atomic E-state index is 12.2. The molecule has 1 heterocycles. The van der Waals surface area contributed by atoms with Crippen molar-refractivity contribution < 1.29 is 9.53 Å². The number of aryl methyl sites for hydroxylation is 1. The van der Waals surface area contributed by atoms with Crippen LogP contribution in [0, 0.1) is 0 Å². The van der Waals surface area contributed by atoms with Crippen LogP contribution in [0.15, 0.2) is 36.7 Å². The van der Waals surface area contributed by atoms with E-state index in [2.05, 4.69) is 5.10 Å².